The summed E-state index contributed by atoms with van der Waals surface area (Å²) in [6.07, 6.45) is 4.06. The lowest BCUT2D eigenvalue weighted by Gasteiger charge is -2.30. The molecule has 1 saturated carbocycles. The van der Waals surface area contributed by atoms with E-state index in [0.29, 0.717) is 6.54 Å². The summed E-state index contributed by atoms with van der Waals surface area (Å²) in [6, 6.07) is 8.06. The van der Waals surface area contributed by atoms with E-state index in [0.717, 1.165) is 50.5 Å². The molecule has 0 radical (unpaired) electrons. The monoisotopic (exact) mass is 502 g/mol. The van der Waals surface area contributed by atoms with E-state index < -0.39 is 0 Å². The molecule has 0 saturated heterocycles. The first-order chi connectivity index (χ1) is 12.9. The van der Waals surface area contributed by atoms with Gasteiger partial charge in [-0.15, -0.1) is 24.0 Å². The number of guanidine groups is 1. The molecule has 6 nitrogen and oxygen atoms in total. The molecule has 1 amide bonds. The highest BCUT2D eigenvalue weighted by Crippen LogP contribution is 2.39. The van der Waals surface area contributed by atoms with Crippen LogP contribution in [0.1, 0.15) is 38.2 Å². The predicted molar refractivity (Wildman–Crippen MR) is 125 cm³/mol. The molecule has 0 aliphatic heterocycles. The number of nitrogens with one attached hydrogen (secondary N) is 1. The van der Waals surface area contributed by atoms with Gasteiger partial charge in [-0.1, -0.05) is 25.0 Å². The molecule has 1 aromatic carbocycles. The number of hydrogen-bond donors (Lipinski definition) is 1. The van der Waals surface area contributed by atoms with Gasteiger partial charge >= 0.3 is 0 Å². The van der Waals surface area contributed by atoms with E-state index in [1.165, 1.54) is 5.56 Å². The van der Waals surface area contributed by atoms with Crippen molar-refractivity contribution in [3.8, 4) is 5.75 Å². The van der Waals surface area contributed by atoms with E-state index in [1.807, 2.05) is 33.3 Å². The molecule has 0 spiro atoms. The largest absolute Gasteiger partial charge is 0.497 e. The molecule has 0 aromatic heterocycles. The third kappa shape index (κ3) is 6.25. The quantitative estimate of drug-likeness (QED) is 0.353. The Bertz CT molecular complexity index is 640. The van der Waals surface area contributed by atoms with Crippen LogP contribution in [0.4, 0.5) is 0 Å². The Morgan fingerprint density at radius 3 is 2.29 bits per heavy atom. The second kappa shape index (κ2) is 11.5. The maximum absolute atomic E-state index is 12.8. The SMILES string of the molecule is CCNC(=NCC1(C(=O)N(C)C)CCCC1)N(C)Cc1ccc(OC)cc1.I. The lowest BCUT2D eigenvalue weighted by Crippen LogP contribution is -2.43. The van der Waals surface area contributed by atoms with E-state index in [-0.39, 0.29) is 35.3 Å². The Hall–Kier alpha value is -1.51. The number of ether oxygens (including phenoxy) is 1. The molecule has 0 bridgehead atoms. The second-order valence-corrected chi connectivity index (χ2v) is 7.56. The number of aliphatic imine (C=N–C) groups is 1. The first-order valence-electron chi connectivity index (χ1n) is 9.76. The number of halogens is 1. The first-order valence-corrected chi connectivity index (χ1v) is 9.76. The van der Waals surface area contributed by atoms with E-state index in [9.17, 15) is 4.79 Å². The molecule has 1 aliphatic rings. The molecule has 28 heavy (non-hydrogen) atoms. The van der Waals surface area contributed by atoms with Crippen molar-refractivity contribution in [1.29, 1.82) is 0 Å². The summed E-state index contributed by atoms with van der Waals surface area (Å²) >= 11 is 0. The molecule has 0 atom stereocenters. The molecule has 2 rings (SSSR count). The van der Waals surface area contributed by atoms with Gasteiger partial charge in [0.2, 0.25) is 5.91 Å². The van der Waals surface area contributed by atoms with Crippen LogP contribution in [0, 0.1) is 5.41 Å². The van der Waals surface area contributed by atoms with Crippen molar-refractivity contribution in [2.45, 2.75) is 39.2 Å². The van der Waals surface area contributed by atoms with Crippen LogP contribution >= 0.6 is 24.0 Å². The standard InChI is InChI=1S/C21H34N4O2.HI/c1-6-22-20(25(4)15-17-9-11-18(27-5)12-10-17)23-16-21(13-7-8-14-21)19(26)24(2)3;/h9-12H,6-8,13-16H2,1-5H3,(H,22,23);1H. The summed E-state index contributed by atoms with van der Waals surface area (Å²) in [6.45, 7) is 4.14. The lowest BCUT2D eigenvalue weighted by atomic mass is 9.85. The van der Waals surface area contributed by atoms with Crippen LogP contribution in [0.5, 0.6) is 5.75 Å². The van der Waals surface area contributed by atoms with E-state index in [4.69, 9.17) is 9.73 Å². The van der Waals surface area contributed by atoms with Crippen LogP contribution in [0.25, 0.3) is 0 Å². The second-order valence-electron chi connectivity index (χ2n) is 7.56. The molecule has 7 heteroatoms. The molecule has 1 N–H and O–H groups in total. The van der Waals surface area contributed by atoms with Crippen LogP contribution < -0.4 is 10.1 Å². The number of benzene rings is 1. The fourth-order valence-corrected chi connectivity index (χ4v) is 3.74. The van der Waals surface area contributed by atoms with Gasteiger partial charge in [0.25, 0.3) is 0 Å². The van der Waals surface area contributed by atoms with Crippen molar-refractivity contribution in [2.75, 3.05) is 41.3 Å². The summed E-state index contributed by atoms with van der Waals surface area (Å²) < 4.78 is 5.22. The van der Waals surface area contributed by atoms with Crippen molar-refractivity contribution in [2.24, 2.45) is 10.4 Å². The van der Waals surface area contributed by atoms with Crippen molar-refractivity contribution in [3.63, 3.8) is 0 Å². The van der Waals surface area contributed by atoms with Crippen LogP contribution in [0.15, 0.2) is 29.3 Å². The van der Waals surface area contributed by atoms with E-state index in [1.54, 1.807) is 12.0 Å². The fourth-order valence-electron chi connectivity index (χ4n) is 3.74. The molecule has 0 unspecified atom stereocenters. The highest BCUT2D eigenvalue weighted by atomic mass is 127. The summed E-state index contributed by atoms with van der Waals surface area (Å²) in [7, 11) is 7.38. The Morgan fingerprint density at radius 1 is 1.18 bits per heavy atom. The predicted octanol–water partition coefficient (Wildman–Crippen LogP) is 3.36. The number of carbonyl (C=O) groups excluding carboxylic acids is 1. The summed E-state index contributed by atoms with van der Waals surface area (Å²) in [5.41, 5.74) is 0.842. The number of carbonyl (C=O) groups is 1. The normalized spacial score (nSPS) is 15.5. The zero-order valence-corrected chi connectivity index (χ0v) is 20.2. The number of methoxy groups -OCH3 is 1. The minimum atomic E-state index is -0.342. The molecule has 1 aliphatic carbocycles. The molecule has 1 fully saturated rings. The Labute approximate surface area is 186 Å². The van der Waals surface area contributed by atoms with Gasteiger partial charge in [-0.25, -0.2) is 0 Å². The Kier molecular flexibility index (Phi) is 10.1. The maximum atomic E-state index is 12.8. The molecular formula is C21H35IN4O2. The minimum absolute atomic E-state index is 0. The average molecular weight is 502 g/mol. The fraction of sp³-hybridized carbons (Fsp3) is 0.619. The average Bonchev–Trinajstić information content (AvgIpc) is 3.15. The zero-order chi connectivity index (χ0) is 19.9. The van der Waals surface area contributed by atoms with Crippen molar-refractivity contribution >= 4 is 35.8 Å². The molecule has 0 heterocycles. The van der Waals surface area contributed by atoms with Crippen LogP contribution in [0.3, 0.4) is 0 Å². The van der Waals surface area contributed by atoms with Crippen LogP contribution in [-0.2, 0) is 11.3 Å². The van der Waals surface area contributed by atoms with Gasteiger partial charge in [0.1, 0.15) is 5.75 Å². The minimum Gasteiger partial charge on any atom is -0.497 e. The molecule has 158 valence electrons. The molecular weight excluding hydrogens is 467 g/mol. The van der Waals surface area contributed by atoms with E-state index in [2.05, 4.69) is 29.3 Å². The summed E-state index contributed by atoms with van der Waals surface area (Å²) in [4.78, 5) is 21.5. The van der Waals surface area contributed by atoms with E-state index >= 15 is 0 Å². The van der Waals surface area contributed by atoms with Gasteiger partial charge in [0.15, 0.2) is 5.96 Å². The van der Waals surface area contributed by atoms with Gasteiger partial charge in [0.05, 0.1) is 19.1 Å². The third-order valence-corrected chi connectivity index (χ3v) is 5.23. The Morgan fingerprint density at radius 2 is 1.79 bits per heavy atom. The third-order valence-electron chi connectivity index (χ3n) is 5.23. The highest BCUT2D eigenvalue weighted by molar-refractivity contribution is 14.0. The smallest absolute Gasteiger partial charge is 0.230 e. The van der Waals surface area contributed by atoms with Crippen LogP contribution in [0.2, 0.25) is 0 Å². The number of hydrogen-bond acceptors (Lipinski definition) is 3. The zero-order valence-electron chi connectivity index (χ0n) is 17.8. The summed E-state index contributed by atoms with van der Waals surface area (Å²) in [5, 5.41) is 3.36. The van der Waals surface area contributed by atoms with Crippen molar-refractivity contribution in [1.82, 2.24) is 15.1 Å². The van der Waals surface area contributed by atoms with Gasteiger partial charge in [0, 0.05) is 34.2 Å². The van der Waals surface area contributed by atoms with Gasteiger partial charge in [-0.05, 0) is 37.5 Å². The topological polar surface area (TPSA) is 57.2 Å². The van der Waals surface area contributed by atoms with Crippen molar-refractivity contribution < 1.29 is 9.53 Å². The highest BCUT2D eigenvalue weighted by Gasteiger charge is 2.42. The van der Waals surface area contributed by atoms with Gasteiger partial charge in [-0.3, -0.25) is 9.79 Å². The van der Waals surface area contributed by atoms with Gasteiger partial charge in [-0.2, -0.15) is 0 Å². The first kappa shape index (κ1) is 24.5. The van der Waals surface area contributed by atoms with Crippen molar-refractivity contribution in [3.05, 3.63) is 29.8 Å². The number of rotatable bonds is 7. The number of nitrogens with zero attached hydrogens (tertiary/aromatic N) is 3. The summed E-state index contributed by atoms with van der Waals surface area (Å²) in [5.74, 6) is 1.90. The lowest BCUT2D eigenvalue weighted by molar-refractivity contribution is -0.138. The Balaban J connectivity index is 0.00000392. The number of amides is 1. The molecule has 1 aromatic rings. The maximum Gasteiger partial charge on any atom is 0.230 e. The van der Waals surface area contributed by atoms with Gasteiger partial charge < -0.3 is 19.9 Å². The van der Waals surface area contributed by atoms with Crippen LogP contribution in [-0.4, -0.2) is 63.0 Å².